The van der Waals surface area contributed by atoms with E-state index in [2.05, 4.69) is 27.8 Å². The summed E-state index contributed by atoms with van der Waals surface area (Å²) in [6.07, 6.45) is 5.04. The number of aromatic nitrogens is 1. The standard InChI is InChI=1S/C14H23N3O/c1-13-9-14(11-15-10-13)12-17-4-2-3-16(5-6-17)7-8-18/h9-11,18H,2-8,12H2,1H3. The van der Waals surface area contributed by atoms with Gasteiger partial charge in [0.05, 0.1) is 6.61 Å². The molecule has 0 atom stereocenters. The fourth-order valence-electron chi connectivity index (χ4n) is 2.51. The van der Waals surface area contributed by atoms with Crippen molar-refractivity contribution in [1.82, 2.24) is 14.8 Å². The molecule has 2 rings (SSSR count). The minimum Gasteiger partial charge on any atom is -0.395 e. The third-order valence-electron chi connectivity index (χ3n) is 3.44. The van der Waals surface area contributed by atoms with Gasteiger partial charge in [0, 0.05) is 38.6 Å². The Bertz CT molecular complexity index is 370. The van der Waals surface area contributed by atoms with Crippen LogP contribution in [0.4, 0.5) is 0 Å². The van der Waals surface area contributed by atoms with Crippen molar-refractivity contribution in [2.45, 2.75) is 19.9 Å². The summed E-state index contributed by atoms with van der Waals surface area (Å²) in [5.41, 5.74) is 2.52. The molecule has 0 spiro atoms. The van der Waals surface area contributed by atoms with Crippen LogP contribution in [0.1, 0.15) is 17.5 Å². The molecule has 1 aliphatic rings. The zero-order valence-corrected chi connectivity index (χ0v) is 11.2. The molecule has 2 heterocycles. The molecule has 1 aromatic heterocycles. The van der Waals surface area contributed by atoms with Crippen molar-refractivity contribution in [2.75, 3.05) is 39.3 Å². The van der Waals surface area contributed by atoms with Crippen molar-refractivity contribution in [3.05, 3.63) is 29.6 Å². The van der Waals surface area contributed by atoms with Crippen LogP contribution in [0.15, 0.2) is 18.5 Å². The summed E-state index contributed by atoms with van der Waals surface area (Å²) in [7, 11) is 0. The van der Waals surface area contributed by atoms with Crippen LogP contribution in [-0.4, -0.2) is 59.2 Å². The van der Waals surface area contributed by atoms with E-state index in [1.807, 2.05) is 12.4 Å². The Morgan fingerprint density at radius 2 is 1.94 bits per heavy atom. The van der Waals surface area contributed by atoms with Crippen molar-refractivity contribution in [2.24, 2.45) is 0 Å². The lowest BCUT2D eigenvalue weighted by molar-refractivity contribution is 0.196. The quantitative estimate of drug-likeness (QED) is 0.860. The highest BCUT2D eigenvalue weighted by Crippen LogP contribution is 2.09. The summed E-state index contributed by atoms with van der Waals surface area (Å²) in [5.74, 6) is 0. The maximum atomic E-state index is 8.98. The Kier molecular flexibility index (Phi) is 5.11. The highest BCUT2D eigenvalue weighted by molar-refractivity contribution is 5.16. The van der Waals surface area contributed by atoms with E-state index in [9.17, 15) is 0 Å². The maximum Gasteiger partial charge on any atom is 0.0558 e. The van der Waals surface area contributed by atoms with Crippen LogP contribution in [0, 0.1) is 6.92 Å². The number of hydrogen-bond donors (Lipinski definition) is 1. The first kappa shape index (κ1) is 13.5. The first-order valence-corrected chi connectivity index (χ1v) is 6.74. The van der Waals surface area contributed by atoms with Crippen LogP contribution in [0.3, 0.4) is 0 Å². The van der Waals surface area contributed by atoms with Gasteiger partial charge in [0.2, 0.25) is 0 Å². The summed E-state index contributed by atoms with van der Waals surface area (Å²) < 4.78 is 0. The molecular formula is C14H23N3O. The molecule has 1 saturated heterocycles. The van der Waals surface area contributed by atoms with E-state index < -0.39 is 0 Å². The summed E-state index contributed by atoms with van der Waals surface area (Å²) in [5, 5.41) is 8.98. The normalized spacial score (nSPS) is 18.8. The number of aliphatic hydroxyl groups excluding tert-OH is 1. The van der Waals surface area contributed by atoms with Gasteiger partial charge in [-0.3, -0.25) is 14.8 Å². The van der Waals surface area contributed by atoms with E-state index in [1.165, 1.54) is 17.5 Å². The van der Waals surface area contributed by atoms with E-state index in [0.29, 0.717) is 0 Å². The van der Waals surface area contributed by atoms with Gasteiger partial charge in [-0.25, -0.2) is 0 Å². The number of aryl methyl sites for hydroxylation is 1. The molecule has 1 fully saturated rings. The van der Waals surface area contributed by atoms with Gasteiger partial charge in [0.25, 0.3) is 0 Å². The van der Waals surface area contributed by atoms with Crippen molar-refractivity contribution < 1.29 is 5.11 Å². The lowest BCUT2D eigenvalue weighted by Gasteiger charge is -2.21. The van der Waals surface area contributed by atoms with Gasteiger partial charge in [-0.05, 0) is 37.6 Å². The van der Waals surface area contributed by atoms with Crippen LogP contribution in [0.2, 0.25) is 0 Å². The van der Waals surface area contributed by atoms with Gasteiger partial charge in [-0.1, -0.05) is 6.07 Å². The van der Waals surface area contributed by atoms with E-state index in [4.69, 9.17) is 5.11 Å². The molecule has 4 nitrogen and oxygen atoms in total. The average molecular weight is 249 g/mol. The zero-order chi connectivity index (χ0) is 12.8. The van der Waals surface area contributed by atoms with E-state index >= 15 is 0 Å². The minimum absolute atomic E-state index is 0.266. The summed E-state index contributed by atoms with van der Waals surface area (Å²) in [4.78, 5) is 9.07. The molecule has 1 N–H and O–H groups in total. The second-order valence-corrected chi connectivity index (χ2v) is 5.07. The number of aliphatic hydroxyl groups is 1. The second kappa shape index (κ2) is 6.83. The van der Waals surface area contributed by atoms with Crippen LogP contribution >= 0.6 is 0 Å². The molecule has 0 bridgehead atoms. The van der Waals surface area contributed by atoms with E-state index in [0.717, 1.165) is 39.3 Å². The Morgan fingerprint density at radius 1 is 1.17 bits per heavy atom. The van der Waals surface area contributed by atoms with Crippen molar-refractivity contribution >= 4 is 0 Å². The third kappa shape index (κ3) is 4.05. The molecule has 1 aromatic rings. The van der Waals surface area contributed by atoms with E-state index in [-0.39, 0.29) is 6.61 Å². The van der Waals surface area contributed by atoms with Crippen LogP contribution in [0.5, 0.6) is 0 Å². The number of nitrogens with zero attached hydrogens (tertiary/aromatic N) is 3. The first-order valence-electron chi connectivity index (χ1n) is 6.74. The second-order valence-electron chi connectivity index (χ2n) is 5.07. The smallest absolute Gasteiger partial charge is 0.0558 e. The van der Waals surface area contributed by atoms with Crippen LogP contribution < -0.4 is 0 Å². The molecule has 18 heavy (non-hydrogen) atoms. The lowest BCUT2D eigenvalue weighted by atomic mass is 10.2. The SMILES string of the molecule is Cc1cncc(CN2CCCN(CCO)CC2)c1. The summed E-state index contributed by atoms with van der Waals surface area (Å²) in [6, 6.07) is 2.21. The summed E-state index contributed by atoms with van der Waals surface area (Å²) >= 11 is 0. The average Bonchev–Trinajstić information content (AvgIpc) is 2.56. The Morgan fingerprint density at radius 3 is 2.72 bits per heavy atom. The topological polar surface area (TPSA) is 39.6 Å². The third-order valence-corrected chi connectivity index (χ3v) is 3.44. The molecule has 0 saturated carbocycles. The Labute approximate surface area is 109 Å². The molecule has 0 aromatic carbocycles. The Balaban J connectivity index is 1.87. The van der Waals surface area contributed by atoms with Gasteiger partial charge in [-0.2, -0.15) is 0 Å². The lowest BCUT2D eigenvalue weighted by Crippen LogP contribution is -2.32. The highest BCUT2D eigenvalue weighted by atomic mass is 16.3. The molecule has 4 heteroatoms. The molecule has 0 amide bonds. The van der Waals surface area contributed by atoms with Gasteiger partial charge < -0.3 is 5.11 Å². The first-order chi connectivity index (χ1) is 8.78. The largest absolute Gasteiger partial charge is 0.395 e. The highest BCUT2D eigenvalue weighted by Gasteiger charge is 2.14. The maximum absolute atomic E-state index is 8.98. The van der Waals surface area contributed by atoms with Crippen LogP contribution in [-0.2, 0) is 6.54 Å². The monoisotopic (exact) mass is 249 g/mol. The summed E-state index contributed by atoms with van der Waals surface area (Å²) in [6.45, 7) is 8.51. The molecule has 0 aliphatic carbocycles. The van der Waals surface area contributed by atoms with Gasteiger partial charge in [0.1, 0.15) is 0 Å². The molecular weight excluding hydrogens is 226 g/mol. The van der Waals surface area contributed by atoms with Crippen molar-refractivity contribution in [1.29, 1.82) is 0 Å². The predicted molar refractivity (Wildman–Crippen MR) is 72.4 cm³/mol. The number of β-amino-alcohol motifs (C(OH)–C–C–N with tert-alkyl or cyclic N) is 1. The zero-order valence-electron chi connectivity index (χ0n) is 11.2. The molecule has 0 radical (unpaired) electrons. The minimum atomic E-state index is 0.266. The van der Waals surface area contributed by atoms with Crippen molar-refractivity contribution in [3.8, 4) is 0 Å². The van der Waals surface area contributed by atoms with E-state index in [1.54, 1.807) is 0 Å². The van der Waals surface area contributed by atoms with Gasteiger partial charge >= 0.3 is 0 Å². The molecule has 100 valence electrons. The number of rotatable bonds is 4. The fourth-order valence-corrected chi connectivity index (χ4v) is 2.51. The number of hydrogen-bond acceptors (Lipinski definition) is 4. The molecule has 1 aliphatic heterocycles. The van der Waals surface area contributed by atoms with Crippen LogP contribution in [0.25, 0.3) is 0 Å². The molecule has 0 unspecified atom stereocenters. The van der Waals surface area contributed by atoms with Crippen molar-refractivity contribution in [3.63, 3.8) is 0 Å². The van der Waals surface area contributed by atoms with Gasteiger partial charge in [0.15, 0.2) is 0 Å². The number of pyridine rings is 1. The predicted octanol–water partition coefficient (Wildman–Crippen LogP) is 0.890. The van der Waals surface area contributed by atoms with Gasteiger partial charge in [-0.15, -0.1) is 0 Å². The fraction of sp³-hybridized carbons (Fsp3) is 0.643. The Hall–Kier alpha value is -0.970.